The van der Waals surface area contributed by atoms with Crippen LogP contribution in [0.1, 0.15) is 23.3 Å². The standard InChI is InChI=1S/C14H15ClFNOS/c1-2-18-12-4-3-9(7-11(12)16)10(8-17)13-5-6-14(15)19-13/h3-7,10H,2,8,17H2,1H3. The largest absolute Gasteiger partial charge is 0.491 e. The fourth-order valence-electron chi connectivity index (χ4n) is 1.94. The zero-order valence-electron chi connectivity index (χ0n) is 10.5. The van der Waals surface area contributed by atoms with Gasteiger partial charge in [-0.2, -0.15) is 0 Å². The maximum Gasteiger partial charge on any atom is 0.165 e. The van der Waals surface area contributed by atoms with Gasteiger partial charge in [0.25, 0.3) is 0 Å². The molecule has 0 spiro atoms. The number of rotatable bonds is 5. The van der Waals surface area contributed by atoms with E-state index in [9.17, 15) is 4.39 Å². The smallest absolute Gasteiger partial charge is 0.165 e. The van der Waals surface area contributed by atoms with Gasteiger partial charge < -0.3 is 10.5 Å². The molecule has 0 fully saturated rings. The lowest BCUT2D eigenvalue weighted by atomic mass is 9.97. The third kappa shape index (κ3) is 3.26. The Bertz CT molecular complexity index is 558. The Balaban J connectivity index is 2.31. The van der Waals surface area contributed by atoms with Crippen molar-refractivity contribution in [3.05, 3.63) is 50.9 Å². The number of hydrogen-bond donors (Lipinski definition) is 1. The molecule has 2 aromatic rings. The minimum atomic E-state index is -0.361. The van der Waals surface area contributed by atoms with E-state index in [0.29, 0.717) is 17.5 Å². The summed E-state index contributed by atoms with van der Waals surface area (Å²) in [5, 5.41) is 0. The predicted octanol–water partition coefficient (Wildman–Crippen LogP) is 4.03. The third-order valence-electron chi connectivity index (χ3n) is 2.83. The van der Waals surface area contributed by atoms with E-state index in [1.165, 1.54) is 17.4 Å². The Labute approximate surface area is 121 Å². The molecule has 0 aliphatic heterocycles. The lowest BCUT2D eigenvalue weighted by molar-refractivity contribution is 0.321. The first kappa shape index (κ1) is 14.3. The van der Waals surface area contributed by atoms with Gasteiger partial charge in [-0.05, 0) is 36.8 Å². The molecule has 2 nitrogen and oxygen atoms in total. The second-order valence-electron chi connectivity index (χ2n) is 4.05. The second-order valence-corrected chi connectivity index (χ2v) is 5.80. The predicted molar refractivity (Wildman–Crippen MR) is 77.8 cm³/mol. The molecule has 0 saturated heterocycles. The molecule has 1 aromatic heterocycles. The molecule has 2 N–H and O–H groups in total. The van der Waals surface area contributed by atoms with Crippen LogP contribution < -0.4 is 10.5 Å². The van der Waals surface area contributed by atoms with E-state index in [1.807, 2.05) is 25.1 Å². The zero-order valence-corrected chi connectivity index (χ0v) is 12.1. The molecule has 1 atom stereocenters. The summed E-state index contributed by atoms with van der Waals surface area (Å²) in [4.78, 5) is 1.04. The Morgan fingerprint density at radius 1 is 1.37 bits per heavy atom. The number of nitrogens with two attached hydrogens (primary N) is 1. The van der Waals surface area contributed by atoms with Crippen molar-refractivity contribution >= 4 is 22.9 Å². The van der Waals surface area contributed by atoms with E-state index >= 15 is 0 Å². The zero-order chi connectivity index (χ0) is 13.8. The maximum atomic E-state index is 13.9. The van der Waals surface area contributed by atoms with Crippen LogP contribution in [0.5, 0.6) is 5.75 Å². The summed E-state index contributed by atoms with van der Waals surface area (Å²) in [6.45, 7) is 2.67. The van der Waals surface area contributed by atoms with Gasteiger partial charge >= 0.3 is 0 Å². The van der Waals surface area contributed by atoms with E-state index in [-0.39, 0.29) is 17.5 Å². The van der Waals surface area contributed by atoms with Gasteiger partial charge in [-0.3, -0.25) is 0 Å². The van der Waals surface area contributed by atoms with Gasteiger partial charge in [0.05, 0.1) is 10.9 Å². The van der Waals surface area contributed by atoms with Crippen LogP contribution in [0.2, 0.25) is 4.34 Å². The highest BCUT2D eigenvalue weighted by molar-refractivity contribution is 7.16. The highest BCUT2D eigenvalue weighted by Gasteiger charge is 2.16. The quantitative estimate of drug-likeness (QED) is 0.904. The Morgan fingerprint density at radius 2 is 2.16 bits per heavy atom. The van der Waals surface area contributed by atoms with Crippen molar-refractivity contribution in [3.63, 3.8) is 0 Å². The molecule has 102 valence electrons. The average Bonchev–Trinajstić information content (AvgIpc) is 2.80. The normalized spacial score (nSPS) is 12.4. The topological polar surface area (TPSA) is 35.2 Å². The monoisotopic (exact) mass is 299 g/mol. The van der Waals surface area contributed by atoms with Crippen molar-refractivity contribution in [3.8, 4) is 5.75 Å². The number of thiophene rings is 1. The van der Waals surface area contributed by atoms with Gasteiger partial charge in [0.15, 0.2) is 11.6 Å². The number of benzene rings is 1. The summed E-state index contributed by atoms with van der Waals surface area (Å²) < 4.78 is 19.8. The summed E-state index contributed by atoms with van der Waals surface area (Å²) in [5.41, 5.74) is 6.64. The van der Waals surface area contributed by atoms with Gasteiger partial charge in [-0.1, -0.05) is 17.7 Å². The van der Waals surface area contributed by atoms with Gasteiger partial charge in [0, 0.05) is 17.3 Å². The molecule has 1 unspecified atom stereocenters. The molecule has 5 heteroatoms. The van der Waals surface area contributed by atoms with Crippen molar-refractivity contribution in [2.75, 3.05) is 13.2 Å². The SMILES string of the molecule is CCOc1ccc(C(CN)c2ccc(Cl)s2)cc1F. The minimum Gasteiger partial charge on any atom is -0.491 e. The molecule has 19 heavy (non-hydrogen) atoms. The van der Waals surface area contributed by atoms with Crippen LogP contribution in [0.15, 0.2) is 30.3 Å². The molecule has 0 saturated carbocycles. The summed E-state index contributed by atoms with van der Waals surface area (Å²) in [5.74, 6) is -0.130. The molecule has 2 rings (SSSR count). The minimum absolute atomic E-state index is 0.0392. The molecular weight excluding hydrogens is 285 g/mol. The van der Waals surface area contributed by atoms with E-state index in [4.69, 9.17) is 22.1 Å². The molecule has 0 amide bonds. The molecular formula is C14H15ClFNOS. The van der Waals surface area contributed by atoms with Crippen molar-refractivity contribution in [2.24, 2.45) is 5.73 Å². The number of ether oxygens (including phenoxy) is 1. The fourth-order valence-corrected chi connectivity index (χ4v) is 3.14. The lowest BCUT2D eigenvalue weighted by Gasteiger charge is -2.14. The van der Waals surface area contributed by atoms with Crippen molar-refractivity contribution in [1.82, 2.24) is 0 Å². The second kappa shape index (κ2) is 6.37. The summed E-state index contributed by atoms with van der Waals surface area (Å²) >= 11 is 7.40. The van der Waals surface area contributed by atoms with Crippen LogP contribution in [-0.2, 0) is 0 Å². The molecule has 1 heterocycles. The summed E-state index contributed by atoms with van der Waals surface area (Å²) in [6, 6.07) is 8.73. The van der Waals surface area contributed by atoms with Gasteiger partial charge in [-0.25, -0.2) is 4.39 Å². The van der Waals surface area contributed by atoms with Gasteiger partial charge in [0.2, 0.25) is 0 Å². The first-order valence-corrected chi connectivity index (χ1v) is 7.22. The Hall–Kier alpha value is -1.10. The first-order valence-electron chi connectivity index (χ1n) is 6.03. The van der Waals surface area contributed by atoms with E-state index in [1.54, 1.807) is 6.07 Å². The highest BCUT2D eigenvalue weighted by Crippen LogP contribution is 2.33. The number of halogens is 2. The van der Waals surface area contributed by atoms with Gasteiger partial charge in [-0.15, -0.1) is 11.3 Å². The molecule has 0 radical (unpaired) electrons. The van der Waals surface area contributed by atoms with E-state index < -0.39 is 0 Å². The molecule has 0 aliphatic rings. The Kier molecular flexibility index (Phi) is 4.80. The summed E-state index contributed by atoms with van der Waals surface area (Å²) in [7, 11) is 0. The lowest BCUT2D eigenvalue weighted by Crippen LogP contribution is -2.13. The average molecular weight is 300 g/mol. The molecule has 0 bridgehead atoms. The van der Waals surface area contributed by atoms with Crippen LogP contribution in [-0.4, -0.2) is 13.2 Å². The van der Waals surface area contributed by atoms with Crippen molar-refractivity contribution in [2.45, 2.75) is 12.8 Å². The highest BCUT2D eigenvalue weighted by atomic mass is 35.5. The van der Waals surface area contributed by atoms with Crippen LogP contribution in [0.3, 0.4) is 0 Å². The van der Waals surface area contributed by atoms with E-state index in [0.717, 1.165) is 10.4 Å². The molecule has 1 aromatic carbocycles. The fraction of sp³-hybridized carbons (Fsp3) is 0.286. The summed E-state index contributed by atoms with van der Waals surface area (Å²) in [6.07, 6.45) is 0. The maximum absolute atomic E-state index is 13.9. The Morgan fingerprint density at radius 3 is 2.68 bits per heavy atom. The van der Waals surface area contributed by atoms with Crippen molar-refractivity contribution in [1.29, 1.82) is 0 Å². The molecule has 0 aliphatic carbocycles. The van der Waals surface area contributed by atoms with E-state index in [2.05, 4.69) is 0 Å². The number of hydrogen-bond acceptors (Lipinski definition) is 3. The van der Waals surface area contributed by atoms with Crippen LogP contribution in [0.4, 0.5) is 4.39 Å². The van der Waals surface area contributed by atoms with Crippen LogP contribution in [0.25, 0.3) is 0 Å². The van der Waals surface area contributed by atoms with Crippen LogP contribution >= 0.6 is 22.9 Å². The first-order chi connectivity index (χ1) is 9.15. The van der Waals surface area contributed by atoms with Crippen molar-refractivity contribution < 1.29 is 9.13 Å². The van der Waals surface area contributed by atoms with Gasteiger partial charge in [0.1, 0.15) is 0 Å². The van der Waals surface area contributed by atoms with Crippen LogP contribution in [0, 0.1) is 5.82 Å². The third-order valence-corrected chi connectivity index (χ3v) is 4.18.